The molecule has 4 rings (SSSR count). The van der Waals surface area contributed by atoms with Crippen LogP contribution in [0.1, 0.15) is 46.5 Å². The first-order valence-electron chi connectivity index (χ1n) is 10.7. The minimum Gasteiger partial charge on any atom is -0.458 e. The lowest BCUT2D eigenvalue weighted by atomic mass is 9.44. The van der Waals surface area contributed by atoms with E-state index in [9.17, 15) is 24.6 Å². The van der Waals surface area contributed by atoms with Crippen LogP contribution >= 0.6 is 0 Å². The number of esters is 1. The second-order valence-corrected chi connectivity index (χ2v) is 9.99. The molecule has 168 valence electrons. The average Bonchev–Trinajstić information content (AvgIpc) is 2.89. The lowest BCUT2D eigenvalue weighted by Crippen LogP contribution is -2.69. The maximum Gasteiger partial charge on any atom is 0.303 e. The van der Waals surface area contributed by atoms with E-state index >= 15 is 4.39 Å². The van der Waals surface area contributed by atoms with Gasteiger partial charge >= 0.3 is 5.97 Å². The van der Waals surface area contributed by atoms with Gasteiger partial charge in [-0.3, -0.25) is 14.4 Å². The standard InChI is InChI=1S/C24H29FO6/c1-13-9-18-17-6-5-15-10-16(27)7-8-21(15,3)23(17,25)19(28)11-22(18,4)24(13,30)20(29)12-31-14(2)26/h7-8,10,17-19,28,30H,1,5-6,9,11-12H2,2-4H3/t17-,18-,19-,21-,22-,23-,24?/m0/s1. The monoisotopic (exact) mass is 432 g/mol. The summed E-state index contributed by atoms with van der Waals surface area (Å²) < 4.78 is 21.8. The smallest absolute Gasteiger partial charge is 0.303 e. The van der Waals surface area contributed by atoms with Crippen LogP contribution in [0.3, 0.4) is 0 Å². The summed E-state index contributed by atoms with van der Waals surface area (Å²) in [7, 11) is 0. The molecule has 0 saturated heterocycles. The van der Waals surface area contributed by atoms with Crippen molar-refractivity contribution in [1.29, 1.82) is 0 Å². The van der Waals surface area contributed by atoms with Gasteiger partial charge in [-0.2, -0.15) is 0 Å². The molecule has 0 bridgehead atoms. The third-order valence-electron chi connectivity index (χ3n) is 8.65. The number of ether oxygens (including phenoxy) is 1. The van der Waals surface area contributed by atoms with Crippen molar-refractivity contribution < 1.29 is 33.7 Å². The predicted octanol–water partition coefficient (Wildman–Crippen LogP) is 2.39. The third kappa shape index (κ3) is 2.59. The van der Waals surface area contributed by atoms with Crippen molar-refractivity contribution in [2.75, 3.05) is 6.61 Å². The lowest BCUT2D eigenvalue weighted by molar-refractivity contribution is -0.215. The number of carbonyl (C=O) groups is 3. The van der Waals surface area contributed by atoms with Crippen LogP contribution in [-0.2, 0) is 19.1 Å². The Morgan fingerprint density at radius 2 is 2.00 bits per heavy atom. The van der Waals surface area contributed by atoms with Crippen LogP contribution in [0.4, 0.5) is 4.39 Å². The Labute approximate surface area is 180 Å². The molecule has 0 heterocycles. The molecule has 6 nitrogen and oxygen atoms in total. The van der Waals surface area contributed by atoms with Crippen molar-refractivity contribution in [2.24, 2.45) is 22.7 Å². The first kappa shape index (κ1) is 22.1. The summed E-state index contributed by atoms with van der Waals surface area (Å²) >= 11 is 0. The van der Waals surface area contributed by atoms with E-state index in [-0.39, 0.29) is 24.2 Å². The van der Waals surface area contributed by atoms with Crippen LogP contribution in [0.25, 0.3) is 0 Å². The van der Waals surface area contributed by atoms with E-state index < -0.39 is 58.4 Å². The van der Waals surface area contributed by atoms with Crippen LogP contribution < -0.4 is 0 Å². The highest BCUT2D eigenvalue weighted by atomic mass is 19.1. The Kier molecular flexibility index (Phi) is 4.77. The summed E-state index contributed by atoms with van der Waals surface area (Å²) in [6.45, 7) is 7.90. The largest absolute Gasteiger partial charge is 0.458 e. The molecule has 4 aliphatic carbocycles. The van der Waals surface area contributed by atoms with E-state index in [4.69, 9.17) is 4.74 Å². The minimum atomic E-state index is -2.05. The summed E-state index contributed by atoms with van der Waals surface area (Å²) in [5.41, 5.74) is -5.46. The van der Waals surface area contributed by atoms with Crippen LogP contribution in [0.15, 0.2) is 36.0 Å². The fraction of sp³-hybridized carbons (Fsp3) is 0.625. The second-order valence-electron chi connectivity index (χ2n) is 9.99. The summed E-state index contributed by atoms with van der Waals surface area (Å²) in [5, 5.41) is 22.8. The number of carbonyl (C=O) groups excluding carboxylic acids is 3. The Morgan fingerprint density at radius 3 is 2.65 bits per heavy atom. The number of allylic oxidation sites excluding steroid dienone is 4. The lowest BCUT2D eigenvalue weighted by Gasteiger charge is -2.62. The Hall–Kier alpha value is -2.12. The number of rotatable bonds is 3. The van der Waals surface area contributed by atoms with E-state index in [1.54, 1.807) is 19.9 Å². The molecule has 0 spiro atoms. The molecule has 31 heavy (non-hydrogen) atoms. The van der Waals surface area contributed by atoms with E-state index in [1.807, 2.05) is 0 Å². The van der Waals surface area contributed by atoms with Gasteiger partial charge in [-0.1, -0.05) is 25.2 Å². The van der Waals surface area contributed by atoms with Gasteiger partial charge in [0.25, 0.3) is 0 Å². The van der Waals surface area contributed by atoms with E-state index in [2.05, 4.69) is 6.58 Å². The summed E-state index contributed by atoms with van der Waals surface area (Å²) in [5.74, 6) is -2.63. The predicted molar refractivity (Wildman–Crippen MR) is 109 cm³/mol. The molecule has 0 radical (unpaired) electrons. The number of Topliss-reactive ketones (excluding diaryl/α,β-unsaturated/α-hetero) is 1. The second kappa shape index (κ2) is 6.69. The van der Waals surface area contributed by atoms with Gasteiger partial charge in [0.2, 0.25) is 5.78 Å². The van der Waals surface area contributed by atoms with Crippen LogP contribution in [0.5, 0.6) is 0 Å². The van der Waals surface area contributed by atoms with Gasteiger partial charge in [-0.15, -0.1) is 0 Å². The molecular formula is C24H29FO6. The number of halogens is 1. The third-order valence-corrected chi connectivity index (χ3v) is 8.65. The summed E-state index contributed by atoms with van der Waals surface area (Å²) in [6.07, 6.45) is 3.86. The van der Waals surface area contributed by atoms with Crippen molar-refractivity contribution in [3.05, 3.63) is 36.0 Å². The number of aliphatic hydroxyl groups excluding tert-OH is 1. The molecule has 0 amide bonds. The SMILES string of the molecule is C=C1C[C@H]2[C@@H]3CCC4=CC(=O)C=C[C@]4(C)[C@@]3(F)[C@@H](O)C[C@]2(C)C1(O)C(=O)COC(C)=O. The molecule has 7 heteroatoms. The number of ketones is 2. The van der Waals surface area contributed by atoms with E-state index in [0.29, 0.717) is 18.4 Å². The van der Waals surface area contributed by atoms with Crippen LogP contribution in [-0.4, -0.2) is 51.7 Å². The van der Waals surface area contributed by atoms with Gasteiger partial charge in [0, 0.05) is 23.7 Å². The molecule has 4 aliphatic rings. The highest BCUT2D eigenvalue weighted by Gasteiger charge is 2.75. The molecule has 0 aliphatic heterocycles. The van der Waals surface area contributed by atoms with E-state index in [1.165, 1.54) is 19.1 Å². The normalized spacial score (nSPS) is 46.0. The molecule has 2 N–H and O–H groups in total. The summed E-state index contributed by atoms with van der Waals surface area (Å²) in [6, 6.07) is 0. The highest BCUT2D eigenvalue weighted by molar-refractivity contribution is 6.01. The molecule has 0 aromatic heterocycles. The highest BCUT2D eigenvalue weighted by Crippen LogP contribution is 2.70. The maximum atomic E-state index is 17.0. The van der Waals surface area contributed by atoms with Gasteiger partial charge in [0.1, 0.15) is 0 Å². The summed E-state index contributed by atoms with van der Waals surface area (Å²) in [4.78, 5) is 36.1. The molecule has 0 aromatic rings. The van der Waals surface area contributed by atoms with Gasteiger partial charge in [-0.05, 0) is 56.3 Å². The van der Waals surface area contributed by atoms with Gasteiger partial charge in [0.15, 0.2) is 23.7 Å². The molecular weight excluding hydrogens is 403 g/mol. The topological polar surface area (TPSA) is 101 Å². The Morgan fingerprint density at radius 1 is 1.32 bits per heavy atom. The van der Waals surface area contributed by atoms with Gasteiger partial charge < -0.3 is 14.9 Å². The Balaban J connectivity index is 1.77. The minimum absolute atomic E-state index is 0.156. The molecule has 3 fully saturated rings. The van der Waals surface area contributed by atoms with E-state index in [0.717, 1.165) is 0 Å². The molecule has 7 atom stereocenters. The molecule has 3 saturated carbocycles. The fourth-order valence-corrected chi connectivity index (χ4v) is 6.96. The zero-order chi connectivity index (χ0) is 23.0. The molecule has 1 unspecified atom stereocenters. The van der Waals surface area contributed by atoms with Crippen molar-refractivity contribution in [2.45, 2.75) is 63.8 Å². The van der Waals surface area contributed by atoms with Crippen molar-refractivity contribution >= 4 is 17.5 Å². The zero-order valence-corrected chi connectivity index (χ0v) is 18.1. The number of hydrogen-bond donors (Lipinski definition) is 2. The van der Waals surface area contributed by atoms with Crippen molar-refractivity contribution in [3.8, 4) is 0 Å². The van der Waals surface area contributed by atoms with Crippen molar-refractivity contribution in [1.82, 2.24) is 0 Å². The van der Waals surface area contributed by atoms with Gasteiger partial charge in [-0.25, -0.2) is 4.39 Å². The van der Waals surface area contributed by atoms with Gasteiger partial charge in [0.05, 0.1) is 6.10 Å². The van der Waals surface area contributed by atoms with Crippen LogP contribution in [0, 0.1) is 22.7 Å². The van der Waals surface area contributed by atoms with Crippen molar-refractivity contribution in [3.63, 3.8) is 0 Å². The number of hydrogen-bond acceptors (Lipinski definition) is 6. The first-order valence-corrected chi connectivity index (χ1v) is 10.7. The van der Waals surface area contributed by atoms with Crippen LogP contribution in [0.2, 0.25) is 0 Å². The Bertz CT molecular complexity index is 952. The average molecular weight is 432 g/mol. The first-order chi connectivity index (χ1) is 14.3. The zero-order valence-electron chi connectivity index (χ0n) is 18.1. The molecule has 0 aromatic carbocycles. The number of aliphatic hydroxyl groups is 2. The quantitative estimate of drug-likeness (QED) is 0.525. The number of fused-ring (bicyclic) bond motifs is 5. The fourth-order valence-electron chi connectivity index (χ4n) is 6.96. The number of alkyl halides is 1. The maximum absolute atomic E-state index is 17.0.